The fourth-order valence-corrected chi connectivity index (χ4v) is 4.74. The quantitative estimate of drug-likeness (QED) is 0.758. The van der Waals surface area contributed by atoms with Gasteiger partial charge in [0.1, 0.15) is 11.8 Å². The minimum atomic E-state index is 0.0638. The Hall–Kier alpha value is -2.70. The van der Waals surface area contributed by atoms with E-state index >= 15 is 0 Å². The average molecular weight is 378 g/mol. The van der Waals surface area contributed by atoms with E-state index in [-0.39, 0.29) is 11.6 Å². The summed E-state index contributed by atoms with van der Waals surface area (Å²) < 4.78 is 3.89. The van der Waals surface area contributed by atoms with E-state index in [0.29, 0.717) is 6.04 Å². The number of anilines is 1. The van der Waals surface area contributed by atoms with Crippen molar-refractivity contribution in [3.63, 3.8) is 0 Å². The normalized spacial score (nSPS) is 21.8. The van der Waals surface area contributed by atoms with Gasteiger partial charge in [-0.05, 0) is 63.5 Å². The van der Waals surface area contributed by atoms with E-state index < -0.39 is 0 Å². The Morgan fingerprint density at radius 3 is 2.75 bits per heavy atom. The summed E-state index contributed by atoms with van der Waals surface area (Å²) >= 11 is 0. The summed E-state index contributed by atoms with van der Waals surface area (Å²) in [5.41, 5.74) is 5.54. The van der Waals surface area contributed by atoms with Gasteiger partial charge >= 0.3 is 0 Å². The highest BCUT2D eigenvalue weighted by molar-refractivity contribution is 5.87. The summed E-state index contributed by atoms with van der Waals surface area (Å²) in [5.74, 6) is 0.900. The molecule has 1 fully saturated rings. The minimum Gasteiger partial charge on any atom is -0.365 e. The van der Waals surface area contributed by atoms with Gasteiger partial charge < -0.3 is 9.88 Å². The highest BCUT2D eigenvalue weighted by Crippen LogP contribution is 2.31. The van der Waals surface area contributed by atoms with Crippen molar-refractivity contribution in [3.8, 4) is 0 Å². The van der Waals surface area contributed by atoms with Crippen LogP contribution in [0.25, 0.3) is 11.0 Å². The van der Waals surface area contributed by atoms with Crippen LogP contribution in [0.3, 0.4) is 0 Å². The van der Waals surface area contributed by atoms with Gasteiger partial charge in [-0.15, -0.1) is 0 Å². The molecule has 2 aliphatic rings. The summed E-state index contributed by atoms with van der Waals surface area (Å²) in [6.45, 7) is 2.08. The predicted molar refractivity (Wildman–Crippen MR) is 109 cm³/mol. The first-order valence-corrected chi connectivity index (χ1v) is 10.3. The Bertz CT molecular complexity index is 1090. The van der Waals surface area contributed by atoms with E-state index in [1.54, 1.807) is 11.0 Å². The van der Waals surface area contributed by atoms with Crippen molar-refractivity contribution in [3.05, 3.63) is 45.8 Å². The van der Waals surface area contributed by atoms with Crippen molar-refractivity contribution in [2.75, 3.05) is 5.32 Å². The van der Waals surface area contributed by atoms with E-state index in [0.717, 1.165) is 73.1 Å². The zero-order valence-corrected chi connectivity index (χ0v) is 16.5. The van der Waals surface area contributed by atoms with Crippen LogP contribution >= 0.6 is 0 Å². The fourth-order valence-electron chi connectivity index (χ4n) is 4.74. The molecular weight excluding hydrogens is 352 g/mol. The highest BCUT2D eigenvalue weighted by Gasteiger charge is 2.26. The Labute approximate surface area is 163 Å². The molecule has 0 aliphatic heterocycles. The number of nitrogens with one attached hydrogen (secondary N) is 1. The third-order valence-electron chi connectivity index (χ3n) is 6.43. The highest BCUT2D eigenvalue weighted by atomic mass is 16.1. The molecule has 3 heterocycles. The molecule has 1 N–H and O–H groups in total. The maximum absolute atomic E-state index is 12.5. The summed E-state index contributed by atoms with van der Waals surface area (Å²) in [6, 6.07) is 4.47. The van der Waals surface area contributed by atoms with Crippen LogP contribution in [0.5, 0.6) is 0 Å². The maximum atomic E-state index is 12.5. The molecule has 0 saturated heterocycles. The van der Waals surface area contributed by atoms with Gasteiger partial charge in [0.25, 0.3) is 5.56 Å². The lowest BCUT2D eigenvalue weighted by Gasteiger charge is -2.30. The SMILES string of the molecule is Cc1cc2ncnc(NC3CCC(n4nc5c(cc4=O)CCC5)CC3)c2n1C. The van der Waals surface area contributed by atoms with Gasteiger partial charge in [0.15, 0.2) is 5.82 Å². The molecule has 28 heavy (non-hydrogen) atoms. The molecule has 146 valence electrons. The third kappa shape index (κ3) is 2.89. The maximum Gasteiger partial charge on any atom is 0.267 e. The molecule has 2 aliphatic carbocycles. The second-order valence-corrected chi connectivity index (χ2v) is 8.20. The Morgan fingerprint density at radius 1 is 1.11 bits per heavy atom. The molecule has 0 bridgehead atoms. The lowest BCUT2D eigenvalue weighted by atomic mass is 9.91. The third-order valence-corrected chi connectivity index (χ3v) is 6.43. The van der Waals surface area contributed by atoms with Crippen LogP contribution in [-0.4, -0.2) is 30.4 Å². The second-order valence-electron chi connectivity index (χ2n) is 8.20. The first-order valence-electron chi connectivity index (χ1n) is 10.3. The second kappa shape index (κ2) is 6.72. The first-order chi connectivity index (χ1) is 13.6. The number of nitrogens with zero attached hydrogens (tertiary/aromatic N) is 5. The molecule has 0 spiro atoms. The van der Waals surface area contributed by atoms with E-state index in [2.05, 4.69) is 39.9 Å². The van der Waals surface area contributed by atoms with Crippen LogP contribution in [0.4, 0.5) is 5.82 Å². The Morgan fingerprint density at radius 2 is 1.93 bits per heavy atom. The van der Waals surface area contributed by atoms with E-state index in [4.69, 9.17) is 5.10 Å². The van der Waals surface area contributed by atoms with Gasteiger partial charge in [-0.1, -0.05) is 0 Å². The Kier molecular flexibility index (Phi) is 4.18. The average Bonchev–Trinajstić information content (AvgIpc) is 3.26. The lowest BCUT2D eigenvalue weighted by Crippen LogP contribution is -2.34. The van der Waals surface area contributed by atoms with Gasteiger partial charge in [-0.2, -0.15) is 5.10 Å². The predicted octanol–water partition coefficient (Wildman–Crippen LogP) is 2.92. The van der Waals surface area contributed by atoms with E-state index in [1.165, 1.54) is 5.69 Å². The van der Waals surface area contributed by atoms with Crippen molar-refractivity contribution in [1.29, 1.82) is 0 Å². The molecule has 5 rings (SSSR count). The molecule has 0 unspecified atom stereocenters. The number of aromatic nitrogens is 5. The molecular formula is C21H26N6O. The van der Waals surface area contributed by atoms with Gasteiger partial charge in [0.2, 0.25) is 0 Å². The van der Waals surface area contributed by atoms with Crippen LogP contribution < -0.4 is 10.9 Å². The van der Waals surface area contributed by atoms with Crippen LogP contribution in [0, 0.1) is 6.92 Å². The fraction of sp³-hybridized carbons (Fsp3) is 0.524. The smallest absolute Gasteiger partial charge is 0.267 e. The van der Waals surface area contributed by atoms with Crippen molar-refractivity contribution in [1.82, 2.24) is 24.3 Å². The molecule has 0 amide bonds. The molecule has 0 radical (unpaired) electrons. The summed E-state index contributed by atoms with van der Waals surface area (Å²) in [4.78, 5) is 21.4. The van der Waals surface area contributed by atoms with Crippen molar-refractivity contribution < 1.29 is 0 Å². The largest absolute Gasteiger partial charge is 0.365 e. The lowest BCUT2D eigenvalue weighted by molar-refractivity contribution is 0.302. The van der Waals surface area contributed by atoms with E-state index in [1.807, 2.05) is 6.07 Å². The van der Waals surface area contributed by atoms with Crippen molar-refractivity contribution in [2.24, 2.45) is 7.05 Å². The molecule has 1 saturated carbocycles. The topological polar surface area (TPSA) is 77.6 Å². The van der Waals surface area contributed by atoms with E-state index in [9.17, 15) is 4.79 Å². The van der Waals surface area contributed by atoms with Gasteiger partial charge in [0.05, 0.1) is 17.3 Å². The monoisotopic (exact) mass is 378 g/mol. The van der Waals surface area contributed by atoms with Gasteiger partial charge in [0, 0.05) is 24.8 Å². The first kappa shape index (κ1) is 17.4. The number of fused-ring (bicyclic) bond motifs is 2. The zero-order chi connectivity index (χ0) is 19.3. The number of rotatable bonds is 3. The number of hydrogen-bond donors (Lipinski definition) is 1. The minimum absolute atomic E-state index is 0.0638. The number of hydrogen-bond acceptors (Lipinski definition) is 5. The molecule has 7 nitrogen and oxygen atoms in total. The number of aryl methyl sites for hydroxylation is 4. The van der Waals surface area contributed by atoms with Crippen LogP contribution in [0.1, 0.15) is 55.1 Å². The molecule has 0 aromatic carbocycles. The molecule has 3 aromatic rings. The van der Waals surface area contributed by atoms with Gasteiger partial charge in [-0.3, -0.25) is 4.79 Å². The standard InChI is InChI=1S/C21H26N6O/c1-13-10-18-20(26(13)2)21(23-12-22-18)24-15-6-8-16(9-7-15)27-19(28)11-14-4-3-5-17(14)25-27/h10-12,15-16H,3-9H2,1-2H3,(H,22,23,24). The van der Waals surface area contributed by atoms with Crippen molar-refractivity contribution in [2.45, 2.75) is 64.0 Å². The summed E-state index contributed by atoms with van der Waals surface area (Å²) in [6.07, 6.45) is 8.69. The molecule has 7 heteroatoms. The van der Waals surface area contributed by atoms with Crippen LogP contribution in [-0.2, 0) is 19.9 Å². The summed E-state index contributed by atoms with van der Waals surface area (Å²) in [7, 11) is 2.05. The van der Waals surface area contributed by atoms with Crippen LogP contribution in [0.2, 0.25) is 0 Å². The molecule has 3 aromatic heterocycles. The van der Waals surface area contributed by atoms with Crippen LogP contribution in [0.15, 0.2) is 23.3 Å². The molecule has 0 atom stereocenters. The van der Waals surface area contributed by atoms with Gasteiger partial charge in [-0.25, -0.2) is 14.6 Å². The summed E-state index contributed by atoms with van der Waals surface area (Å²) in [5, 5.41) is 8.33. The Balaban J connectivity index is 1.32. The zero-order valence-electron chi connectivity index (χ0n) is 16.5. The van der Waals surface area contributed by atoms with Crippen molar-refractivity contribution >= 4 is 16.9 Å².